The molecule has 8 nitrogen and oxygen atoms in total. The fourth-order valence-electron chi connectivity index (χ4n) is 4.62. The van der Waals surface area contributed by atoms with Crippen LogP contribution < -0.4 is 19.9 Å². The molecule has 180 valence electrons. The number of aromatic nitrogens is 2. The van der Waals surface area contributed by atoms with E-state index in [9.17, 15) is 22.8 Å². The number of ether oxygens (including phenoxy) is 1. The molecule has 0 radical (unpaired) electrons. The fourth-order valence-corrected chi connectivity index (χ4v) is 4.62. The first-order valence-corrected chi connectivity index (χ1v) is 11.3. The third kappa shape index (κ3) is 4.14. The Kier molecular flexibility index (Phi) is 5.57. The van der Waals surface area contributed by atoms with Crippen LogP contribution in [0.2, 0.25) is 0 Å². The number of ketones is 1. The van der Waals surface area contributed by atoms with Gasteiger partial charge in [0, 0.05) is 19.5 Å². The molecule has 2 atom stereocenters. The van der Waals surface area contributed by atoms with E-state index in [0.29, 0.717) is 36.8 Å². The Bertz CT molecular complexity index is 1140. The molecule has 2 bridgehead atoms. The van der Waals surface area contributed by atoms with Crippen molar-refractivity contribution < 1.29 is 27.5 Å². The van der Waals surface area contributed by atoms with Gasteiger partial charge in [0.05, 0.1) is 30.5 Å². The molecular weight excluding hydrogens is 451 g/mol. The van der Waals surface area contributed by atoms with Crippen molar-refractivity contribution in [3.63, 3.8) is 0 Å². The van der Waals surface area contributed by atoms with Crippen LogP contribution >= 0.6 is 0 Å². The summed E-state index contributed by atoms with van der Waals surface area (Å²) < 4.78 is 44.4. The minimum absolute atomic E-state index is 0.0841. The molecule has 1 fully saturated rings. The standard InChI is InChI=1S/C23H24F3N5O3/c1-13(23(24,25)26)9-18(32)16-4-5-17-21(28-16)31(15-6-7-30(17)12-15)22(33)29-20-10-14-3-2-8-34-19(14)11-27-20/h4-5,10-11,13,15H,2-3,6-9,12H2,1H3,(H,27,29,33)/t13-,15-/m0/s1. The maximum atomic E-state index is 13.3. The number of alkyl halides is 3. The summed E-state index contributed by atoms with van der Waals surface area (Å²) in [6.07, 6.45) is -1.15. The van der Waals surface area contributed by atoms with Crippen molar-refractivity contribution in [3.05, 3.63) is 35.7 Å². The number of fused-ring (bicyclic) bond motifs is 5. The molecule has 5 heterocycles. The molecule has 5 rings (SSSR count). The predicted molar refractivity (Wildman–Crippen MR) is 119 cm³/mol. The van der Waals surface area contributed by atoms with Crippen molar-refractivity contribution in [1.29, 1.82) is 0 Å². The Balaban J connectivity index is 1.41. The van der Waals surface area contributed by atoms with E-state index in [1.807, 2.05) is 0 Å². The summed E-state index contributed by atoms with van der Waals surface area (Å²) >= 11 is 0. The van der Waals surface area contributed by atoms with Crippen LogP contribution in [0.15, 0.2) is 24.4 Å². The number of aryl methyl sites for hydroxylation is 1. The Morgan fingerprint density at radius 2 is 2.15 bits per heavy atom. The summed E-state index contributed by atoms with van der Waals surface area (Å²) in [7, 11) is 0. The zero-order chi connectivity index (χ0) is 24.0. The van der Waals surface area contributed by atoms with Crippen molar-refractivity contribution in [2.24, 2.45) is 5.92 Å². The van der Waals surface area contributed by atoms with Crippen molar-refractivity contribution in [2.75, 3.05) is 34.8 Å². The molecular formula is C23H24F3N5O3. The van der Waals surface area contributed by atoms with Crippen LogP contribution in [0.3, 0.4) is 0 Å². The second-order valence-corrected chi connectivity index (χ2v) is 8.93. The summed E-state index contributed by atoms with van der Waals surface area (Å²) in [4.78, 5) is 38.1. The lowest BCUT2D eigenvalue weighted by molar-refractivity contribution is -0.168. The molecule has 3 aliphatic heterocycles. The van der Waals surface area contributed by atoms with Gasteiger partial charge in [-0.25, -0.2) is 14.8 Å². The zero-order valence-corrected chi connectivity index (χ0v) is 18.6. The number of carbonyl (C=O) groups is 2. The van der Waals surface area contributed by atoms with Crippen LogP contribution in [0.1, 0.15) is 42.2 Å². The number of nitrogens with one attached hydrogen (secondary N) is 1. The van der Waals surface area contributed by atoms with Gasteiger partial charge in [-0.15, -0.1) is 0 Å². The first kappa shape index (κ1) is 22.4. The van der Waals surface area contributed by atoms with Gasteiger partial charge in [-0.3, -0.25) is 15.0 Å². The lowest BCUT2D eigenvalue weighted by Crippen LogP contribution is -2.48. The summed E-state index contributed by atoms with van der Waals surface area (Å²) in [5.74, 6) is -1.13. The van der Waals surface area contributed by atoms with Crippen molar-refractivity contribution in [2.45, 2.75) is 44.8 Å². The van der Waals surface area contributed by atoms with E-state index >= 15 is 0 Å². The molecule has 34 heavy (non-hydrogen) atoms. The lowest BCUT2D eigenvalue weighted by Gasteiger charge is -2.35. The highest BCUT2D eigenvalue weighted by molar-refractivity contribution is 6.05. The fraction of sp³-hybridized carbons (Fsp3) is 0.478. The summed E-state index contributed by atoms with van der Waals surface area (Å²) in [6.45, 7) is 2.94. The molecule has 1 saturated heterocycles. The van der Waals surface area contributed by atoms with Crippen LogP contribution in [-0.4, -0.2) is 53.7 Å². The van der Waals surface area contributed by atoms with Gasteiger partial charge in [-0.1, -0.05) is 6.92 Å². The van der Waals surface area contributed by atoms with Crippen molar-refractivity contribution >= 4 is 29.1 Å². The number of hydrogen-bond donors (Lipinski definition) is 1. The number of Topliss-reactive ketones (excluding diaryl/α,β-unsaturated/α-hetero) is 1. The van der Waals surface area contributed by atoms with Gasteiger partial charge in [0.1, 0.15) is 17.3 Å². The van der Waals surface area contributed by atoms with Crippen LogP contribution in [0, 0.1) is 5.92 Å². The number of amides is 2. The highest BCUT2D eigenvalue weighted by atomic mass is 19.4. The summed E-state index contributed by atoms with van der Waals surface area (Å²) in [5.41, 5.74) is 1.56. The van der Waals surface area contributed by atoms with Gasteiger partial charge >= 0.3 is 12.2 Å². The number of pyridine rings is 2. The smallest absolute Gasteiger partial charge is 0.391 e. The highest BCUT2D eigenvalue weighted by Crippen LogP contribution is 2.39. The first-order chi connectivity index (χ1) is 16.2. The SMILES string of the molecule is C[C@@H](CC(=O)c1ccc2c(n1)N(C(=O)Nc1cc3c(cn1)OCCC3)[C@H]1CCN2C1)C(F)(F)F. The van der Waals surface area contributed by atoms with E-state index in [-0.39, 0.29) is 17.6 Å². The monoisotopic (exact) mass is 475 g/mol. The van der Waals surface area contributed by atoms with Crippen LogP contribution in [0.25, 0.3) is 0 Å². The third-order valence-electron chi connectivity index (χ3n) is 6.54. The van der Waals surface area contributed by atoms with E-state index in [0.717, 1.165) is 31.9 Å². The highest BCUT2D eigenvalue weighted by Gasteiger charge is 2.41. The minimum atomic E-state index is -4.46. The quantitative estimate of drug-likeness (QED) is 0.667. The molecule has 0 unspecified atom stereocenters. The third-order valence-corrected chi connectivity index (χ3v) is 6.54. The molecule has 0 saturated carbocycles. The van der Waals surface area contributed by atoms with Crippen LogP contribution in [0.4, 0.5) is 35.3 Å². The molecule has 1 N–H and O–H groups in total. The van der Waals surface area contributed by atoms with E-state index in [4.69, 9.17) is 4.74 Å². The normalized spacial score (nSPS) is 19.7. The minimum Gasteiger partial charge on any atom is -0.492 e. The number of urea groups is 1. The number of nitrogens with zero attached hydrogens (tertiary/aromatic N) is 4. The van der Waals surface area contributed by atoms with E-state index in [2.05, 4.69) is 20.2 Å². The number of anilines is 3. The van der Waals surface area contributed by atoms with Gasteiger partial charge in [-0.05, 0) is 43.0 Å². The molecule has 2 amide bonds. The van der Waals surface area contributed by atoms with Crippen molar-refractivity contribution in [1.82, 2.24) is 9.97 Å². The largest absolute Gasteiger partial charge is 0.492 e. The number of halogens is 3. The van der Waals surface area contributed by atoms with Crippen LogP contribution in [-0.2, 0) is 6.42 Å². The van der Waals surface area contributed by atoms with E-state index in [1.54, 1.807) is 18.3 Å². The van der Waals surface area contributed by atoms with E-state index < -0.39 is 30.3 Å². The maximum Gasteiger partial charge on any atom is 0.391 e. The van der Waals surface area contributed by atoms with Gasteiger partial charge in [0.15, 0.2) is 11.6 Å². The summed E-state index contributed by atoms with van der Waals surface area (Å²) in [6, 6.07) is 4.26. The molecule has 0 aromatic carbocycles. The molecule has 3 aliphatic rings. The second kappa shape index (κ2) is 8.44. The Morgan fingerprint density at radius 1 is 1.32 bits per heavy atom. The average molecular weight is 475 g/mol. The van der Waals surface area contributed by atoms with Gasteiger partial charge in [0.2, 0.25) is 0 Å². The summed E-state index contributed by atoms with van der Waals surface area (Å²) in [5, 5.41) is 2.81. The lowest BCUT2D eigenvalue weighted by atomic mass is 10.0. The van der Waals surface area contributed by atoms with Crippen molar-refractivity contribution in [3.8, 4) is 5.75 Å². The van der Waals surface area contributed by atoms with E-state index in [1.165, 1.54) is 11.0 Å². The number of hydrogen-bond acceptors (Lipinski definition) is 6. The number of carbonyl (C=O) groups excluding carboxylic acids is 2. The Hall–Kier alpha value is -3.37. The molecule has 11 heteroatoms. The van der Waals surface area contributed by atoms with Gasteiger partial charge < -0.3 is 9.64 Å². The van der Waals surface area contributed by atoms with Gasteiger partial charge in [0.25, 0.3) is 0 Å². The molecule has 2 aromatic rings. The second-order valence-electron chi connectivity index (χ2n) is 8.93. The molecule has 2 aromatic heterocycles. The first-order valence-electron chi connectivity index (χ1n) is 11.3. The van der Waals surface area contributed by atoms with Crippen LogP contribution in [0.5, 0.6) is 5.75 Å². The molecule has 0 aliphatic carbocycles. The average Bonchev–Trinajstić information content (AvgIpc) is 3.22. The van der Waals surface area contributed by atoms with Gasteiger partial charge in [-0.2, -0.15) is 13.2 Å². The predicted octanol–water partition coefficient (Wildman–Crippen LogP) is 4.20. The topological polar surface area (TPSA) is 87.7 Å². The Labute approximate surface area is 194 Å². The number of rotatable bonds is 4. The maximum absolute atomic E-state index is 13.3. The molecule has 0 spiro atoms. The Morgan fingerprint density at radius 3 is 2.94 bits per heavy atom. The zero-order valence-electron chi connectivity index (χ0n) is 18.6.